The number of benzene rings is 23. The normalized spacial score (nSPS) is 12.0. The largest absolute Gasteiger partial charge is 0.309 e. The molecule has 27 rings (SSSR count). The van der Waals surface area contributed by atoms with Gasteiger partial charge in [0, 0.05) is 102 Å². The predicted octanol–water partition coefficient (Wildman–Crippen LogP) is 29.9. The third-order valence-electron chi connectivity index (χ3n) is 27.7. The van der Waals surface area contributed by atoms with Crippen LogP contribution >= 0.6 is 21.4 Å². The van der Waals surface area contributed by atoms with E-state index in [2.05, 4.69) is 279 Å². The van der Waals surface area contributed by atoms with Crippen molar-refractivity contribution in [2.75, 3.05) is 0 Å². The molecule has 23 aromatic carbocycles. The molecule has 0 aliphatic rings. The molecule has 0 N–H and O–H groups in total. The summed E-state index contributed by atoms with van der Waals surface area (Å²) in [6.07, 6.45) is 0. The Morgan fingerprint density at radius 3 is 0.732 bits per heavy atom. The molecule has 27 aromatic rings. The van der Waals surface area contributed by atoms with Gasteiger partial charge in [-0.3, -0.25) is 0 Å². The second-order valence-corrected chi connectivity index (χ2v) is 43.5. The van der Waals surface area contributed by atoms with Gasteiger partial charge in [0.05, 0.1) is 39.3 Å². The van der Waals surface area contributed by atoms with Crippen LogP contribution in [0.4, 0.5) is 0 Å². The molecule has 648 valence electrons. The third kappa shape index (κ3) is 13.7. The van der Waals surface area contributed by atoms with Gasteiger partial charge in [-0.25, -0.2) is 19.9 Å². The number of hydrogen-bond donors (Lipinski definition) is 0. The lowest BCUT2D eigenvalue weighted by Gasteiger charge is -2.21. The highest BCUT2D eigenvalue weighted by molar-refractivity contribution is 7.86. The fourth-order valence-electron chi connectivity index (χ4n) is 21.5. The molecule has 0 bridgehead atoms. The molecule has 0 spiro atoms. The minimum atomic E-state index is -3.29. The zero-order valence-electron chi connectivity index (χ0n) is 74.8. The minimum Gasteiger partial charge on any atom is -0.309 e. The van der Waals surface area contributed by atoms with Crippen LogP contribution in [0.5, 0.6) is 0 Å². The van der Waals surface area contributed by atoms with Crippen LogP contribution in [0.3, 0.4) is 0 Å². The summed E-state index contributed by atoms with van der Waals surface area (Å²) in [5, 5.41) is 38.2. The van der Waals surface area contributed by atoms with Crippen molar-refractivity contribution in [3.8, 4) is 33.9 Å². The van der Waals surface area contributed by atoms with Crippen molar-refractivity contribution < 1.29 is 13.7 Å². The molecule has 10 heteroatoms. The smallest absolute Gasteiger partial charge is 0.188 e. The second-order valence-electron chi connectivity index (χ2n) is 35.3. The lowest BCUT2D eigenvalue weighted by atomic mass is 9.88. The molecule has 0 fully saturated rings. The summed E-state index contributed by atoms with van der Waals surface area (Å²) in [6.45, 7) is 0. The van der Waals surface area contributed by atoms with Crippen LogP contribution in [0.15, 0.2) is 504 Å². The lowest BCUT2D eigenvalue weighted by Crippen LogP contribution is -2.27. The first-order valence-electron chi connectivity index (χ1n) is 46.6. The first-order valence-corrected chi connectivity index (χ1v) is 51.7. The van der Waals surface area contributed by atoms with Gasteiger partial charge >= 0.3 is 0 Å². The van der Waals surface area contributed by atoms with Gasteiger partial charge in [0.1, 0.15) is 5.44 Å². The van der Waals surface area contributed by atoms with Crippen LogP contribution in [-0.2, 0) is 13.7 Å². The van der Waals surface area contributed by atoms with Crippen molar-refractivity contribution in [1.82, 2.24) is 19.9 Å². The van der Waals surface area contributed by atoms with Gasteiger partial charge in [0.2, 0.25) is 0 Å². The maximum absolute atomic E-state index is 15.4. The van der Waals surface area contributed by atoms with Crippen LogP contribution in [-0.4, -0.2) is 19.9 Å². The standard InChI is InChI=1S/2C43H28NOP.C42H27N2OP/c45-46(31-16-3-1-4-17-31,32-18-5-2-6-19-32)33-20-13-15-30(28-33)43-42-38-25-12-10-23-36(38)35-22-9-11-24-37(35)41(42)40-34-21-8-7-14-29(34)26-27-39(40)44-43;45-46(31-14-3-1-4-15-31,32-16-5-2-6-17-32)33-26-23-30(24-27-33)43-42-38-22-12-10-20-36(38)35-19-9-11-21-37(35)41(42)40-34-18-8-7-13-29(34)25-28-39(40)44-43;45-46(29-15-3-1-4-16-29,30-17-5-2-6-18-30)38-25-13-24-37(43-38)42-41-35-23-12-10-21-33(35)32-20-9-11-22-34(32)40(41)39-31-19-8-7-14-28(31)26-27-36(39)44-42/h2*1-28H;1-27H. The van der Waals surface area contributed by atoms with E-state index in [1.807, 2.05) is 224 Å². The molecular formula is C128H83N4O3P3. The maximum atomic E-state index is 15.4. The summed E-state index contributed by atoms with van der Waals surface area (Å²) in [6, 6.07) is 172. The summed E-state index contributed by atoms with van der Waals surface area (Å²) in [5.74, 6) is 0. The van der Waals surface area contributed by atoms with Gasteiger partial charge < -0.3 is 13.7 Å². The molecule has 0 amide bonds. The topological polar surface area (TPSA) is 103 Å². The predicted molar refractivity (Wildman–Crippen MR) is 588 cm³/mol. The summed E-state index contributed by atoms with van der Waals surface area (Å²) >= 11 is 0. The molecule has 0 saturated heterocycles. The SMILES string of the molecule is O=P(c1ccccc1)(c1ccccc1)c1ccc(-c2nc3ccc4ccccc4c3c3c4ccccc4c4ccccc4c23)cc1.O=P(c1ccccc1)(c1ccccc1)c1cccc(-c2nc3ccc4ccccc4c3c3c4ccccc4c4ccccc4c23)c1.O=P(c1ccccc1)(c1ccccc1)c1cccc(-c2nc3ccc4ccccc4c3c3c4ccccc4c4ccccc4c23)n1. The van der Waals surface area contributed by atoms with Gasteiger partial charge in [-0.05, 0) is 133 Å². The van der Waals surface area contributed by atoms with Gasteiger partial charge in [-0.2, -0.15) is 0 Å². The Labute approximate surface area is 796 Å². The average molecular weight is 1820 g/mol. The molecule has 4 heterocycles. The molecule has 4 aromatic heterocycles. The highest BCUT2D eigenvalue weighted by Crippen LogP contribution is 2.52. The van der Waals surface area contributed by atoms with Crippen molar-refractivity contribution >= 4 is 231 Å². The molecular weight excluding hydrogens is 1730 g/mol. The molecule has 7 nitrogen and oxygen atoms in total. The molecule has 0 atom stereocenters. The Balaban J connectivity index is 0.000000110. The van der Waals surface area contributed by atoms with Gasteiger partial charge in [0.25, 0.3) is 0 Å². The van der Waals surface area contributed by atoms with E-state index in [1.54, 1.807) is 0 Å². The first-order chi connectivity index (χ1) is 68.1. The lowest BCUT2D eigenvalue weighted by molar-refractivity contribution is 0.591. The molecule has 0 radical (unpaired) electrons. The van der Waals surface area contributed by atoms with Crippen LogP contribution in [0, 0.1) is 0 Å². The first kappa shape index (κ1) is 83.1. The molecule has 138 heavy (non-hydrogen) atoms. The summed E-state index contributed by atoms with van der Waals surface area (Å²) in [4.78, 5) is 21.5. The molecule has 0 unspecified atom stereocenters. The van der Waals surface area contributed by atoms with E-state index in [0.29, 0.717) is 11.1 Å². The van der Waals surface area contributed by atoms with E-state index in [-0.39, 0.29) is 0 Å². The van der Waals surface area contributed by atoms with Crippen molar-refractivity contribution in [3.05, 3.63) is 504 Å². The number of rotatable bonds is 12. The van der Waals surface area contributed by atoms with Gasteiger partial charge in [-0.1, -0.05) is 467 Å². The van der Waals surface area contributed by atoms with Crippen LogP contribution in [0.2, 0.25) is 0 Å². The zero-order valence-corrected chi connectivity index (χ0v) is 77.5. The van der Waals surface area contributed by atoms with Gasteiger partial charge in [0.15, 0.2) is 21.4 Å². The van der Waals surface area contributed by atoms with Crippen LogP contribution in [0.25, 0.3) is 196 Å². The number of aromatic nitrogens is 4. The van der Waals surface area contributed by atoms with E-state index >= 15 is 13.7 Å². The highest BCUT2D eigenvalue weighted by atomic mass is 31.2. The Morgan fingerprint density at radius 2 is 0.391 bits per heavy atom. The monoisotopic (exact) mass is 1820 g/mol. The quantitative estimate of drug-likeness (QED) is 0.0887. The summed E-state index contributed by atoms with van der Waals surface area (Å²) in [7, 11) is -9.57. The molecule has 0 saturated carbocycles. The molecule has 0 aliphatic heterocycles. The van der Waals surface area contributed by atoms with E-state index in [9.17, 15) is 0 Å². The maximum Gasteiger partial charge on any atom is 0.188 e. The number of hydrogen-bond acceptors (Lipinski definition) is 7. The Kier molecular flexibility index (Phi) is 20.7. The van der Waals surface area contributed by atoms with Crippen molar-refractivity contribution in [2.24, 2.45) is 0 Å². The van der Waals surface area contributed by atoms with E-state index < -0.39 is 21.4 Å². The van der Waals surface area contributed by atoms with Crippen molar-refractivity contribution in [2.45, 2.75) is 0 Å². The van der Waals surface area contributed by atoms with Crippen LogP contribution < -0.4 is 47.9 Å². The van der Waals surface area contributed by atoms with Crippen molar-refractivity contribution in [3.63, 3.8) is 0 Å². The van der Waals surface area contributed by atoms with Crippen molar-refractivity contribution in [1.29, 1.82) is 0 Å². The van der Waals surface area contributed by atoms with Gasteiger partial charge in [-0.15, -0.1) is 0 Å². The highest BCUT2D eigenvalue weighted by Gasteiger charge is 2.35. The number of fused-ring (bicyclic) bond motifs is 30. The Morgan fingerprint density at radius 1 is 0.145 bits per heavy atom. The fourth-order valence-corrected chi connectivity index (χ4v) is 29.4. The summed E-state index contributed by atoms with van der Waals surface area (Å²) in [5.41, 5.74) is 8.62. The average Bonchev–Trinajstić information content (AvgIpc) is 0.712. The van der Waals surface area contributed by atoms with E-state index in [0.717, 1.165) is 130 Å². The second kappa shape index (κ2) is 34.3. The minimum absolute atomic E-state index is 0.543. The number of pyridine rings is 4. The third-order valence-corrected chi connectivity index (χ3v) is 36.8. The summed E-state index contributed by atoms with van der Waals surface area (Å²) < 4.78 is 45.8. The van der Waals surface area contributed by atoms with E-state index in [1.165, 1.54) is 102 Å². The van der Waals surface area contributed by atoms with E-state index in [4.69, 9.17) is 19.9 Å². The molecule has 0 aliphatic carbocycles. The Bertz CT molecular complexity index is 9240. The van der Waals surface area contributed by atoms with Crippen LogP contribution in [0.1, 0.15) is 0 Å². The zero-order chi connectivity index (χ0) is 92.0. The fraction of sp³-hybridized carbons (Fsp3) is 0. The Hall–Kier alpha value is -16.8. The number of nitrogens with zero attached hydrogens (tertiary/aromatic N) is 4.